The van der Waals surface area contributed by atoms with Crippen molar-refractivity contribution >= 4 is 11.7 Å². The fourth-order valence-corrected chi connectivity index (χ4v) is 3.64. The first-order chi connectivity index (χ1) is 13.6. The van der Waals surface area contributed by atoms with Crippen LogP contribution in [0.1, 0.15) is 18.4 Å². The lowest BCUT2D eigenvalue weighted by atomic mass is 9.90. The molecule has 1 heterocycles. The number of anilines is 1. The van der Waals surface area contributed by atoms with Gasteiger partial charge in [-0.25, -0.2) is 4.79 Å². The van der Waals surface area contributed by atoms with E-state index in [-0.39, 0.29) is 6.03 Å². The molecule has 0 saturated carbocycles. The van der Waals surface area contributed by atoms with Crippen molar-refractivity contribution in [2.24, 2.45) is 5.92 Å². The summed E-state index contributed by atoms with van der Waals surface area (Å²) < 4.78 is 16.0. The molecule has 0 unspecified atom stereocenters. The summed E-state index contributed by atoms with van der Waals surface area (Å²) in [6, 6.07) is 13.9. The van der Waals surface area contributed by atoms with Crippen LogP contribution < -0.4 is 19.5 Å². The summed E-state index contributed by atoms with van der Waals surface area (Å²) in [6.45, 7) is 1.52. The standard InChI is InChI=1S/C22H28N2O4/c1-26-19-14-18(15-20(27-2)21(19)28-3)23-22(25)24-11-9-17(10-12-24)13-16-7-5-4-6-8-16/h4-8,14-15,17H,9-13H2,1-3H3,(H,23,25). The van der Waals surface area contributed by atoms with Crippen LogP contribution in [0.3, 0.4) is 0 Å². The van der Waals surface area contributed by atoms with E-state index in [1.54, 1.807) is 33.5 Å². The van der Waals surface area contributed by atoms with Crippen molar-refractivity contribution in [3.63, 3.8) is 0 Å². The van der Waals surface area contributed by atoms with Gasteiger partial charge in [0.15, 0.2) is 11.5 Å². The highest BCUT2D eigenvalue weighted by Gasteiger charge is 2.23. The Morgan fingerprint density at radius 1 is 1.00 bits per heavy atom. The fourth-order valence-electron chi connectivity index (χ4n) is 3.64. The Balaban J connectivity index is 1.58. The first kappa shape index (κ1) is 19.9. The summed E-state index contributed by atoms with van der Waals surface area (Å²) in [5.41, 5.74) is 1.98. The van der Waals surface area contributed by atoms with E-state index in [1.807, 2.05) is 11.0 Å². The highest BCUT2D eigenvalue weighted by atomic mass is 16.5. The van der Waals surface area contributed by atoms with Crippen LogP contribution in [0.25, 0.3) is 0 Å². The van der Waals surface area contributed by atoms with Gasteiger partial charge in [0.1, 0.15) is 0 Å². The quantitative estimate of drug-likeness (QED) is 0.811. The molecule has 3 rings (SSSR count). The third kappa shape index (κ3) is 4.68. The number of nitrogens with one attached hydrogen (secondary N) is 1. The predicted octanol–water partition coefficient (Wildman–Crippen LogP) is 4.20. The number of urea groups is 1. The van der Waals surface area contributed by atoms with Crippen molar-refractivity contribution in [3.05, 3.63) is 48.0 Å². The van der Waals surface area contributed by atoms with Gasteiger partial charge in [-0.2, -0.15) is 0 Å². The third-order valence-electron chi connectivity index (χ3n) is 5.18. The summed E-state index contributed by atoms with van der Waals surface area (Å²) in [5.74, 6) is 2.15. The minimum Gasteiger partial charge on any atom is -0.493 e. The summed E-state index contributed by atoms with van der Waals surface area (Å²) in [4.78, 5) is 14.6. The molecule has 0 aromatic heterocycles. The second-order valence-corrected chi connectivity index (χ2v) is 6.96. The molecule has 1 N–H and O–H groups in total. The van der Waals surface area contributed by atoms with Gasteiger partial charge in [-0.15, -0.1) is 0 Å². The number of likely N-dealkylation sites (tertiary alicyclic amines) is 1. The highest BCUT2D eigenvalue weighted by molar-refractivity contribution is 5.90. The van der Waals surface area contributed by atoms with Crippen LogP contribution in [0.5, 0.6) is 17.2 Å². The lowest BCUT2D eigenvalue weighted by Gasteiger charge is -2.32. The number of methoxy groups -OCH3 is 3. The van der Waals surface area contributed by atoms with Crippen molar-refractivity contribution in [1.29, 1.82) is 0 Å². The molecule has 1 aliphatic heterocycles. The van der Waals surface area contributed by atoms with E-state index in [2.05, 4.69) is 29.6 Å². The second kappa shape index (κ2) is 9.35. The van der Waals surface area contributed by atoms with Crippen LogP contribution >= 0.6 is 0 Å². The van der Waals surface area contributed by atoms with Gasteiger partial charge in [0.2, 0.25) is 5.75 Å². The number of nitrogens with zero attached hydrogens (tertiary/aromatic N) is 1. The van der Waals surface area contributed by atoms with Gasteiger partial charge < -0.3 is 24.4 Å². The van der Waals surface area contributed by atoms with E-state index < -0.39 is 0 Å². The summed E-state index contributed by atoms with van der Waals surface area (Å²) in [5, 5.41) is 2.95. The third-order valence-corrected chi connectivity index (χ3v) is 5.18. The molecule has 0 aliphatic carbocycles. The van der Waals surface area contributed by atoms with Crippen molar-refractivity contribution in [2.75, 3.05) is 39.7 Å². The molecule has 2 amide bonds. The number of rotatable bonds is 6. The zero-order valence-corrected chi connectivity index (χ0v) is 16.7. The fraction of sp³-hybridized carbons (Fsp3) is 0.409. The molecule has 150 valence electrons. The molecule has 28 heavy (non-hydrogen) atoms. The Bertz CT molecular complexity index is 761. The van der Waals surface area contributed by atoms with E-state index in [1.165, 1.54) is 5.56 Å². The zero-order chi connectivity index (χ0) is 19.9. The van der Waals surface area contributed by atoms with Crippen LogP contribution in [-0.2, 0) is 6.42 Å². The lowest BCUT2D eigenvalue weighted by Crippen LogP contribution is -2.41. The largest absolute Gasteiger partial charge is 0.493 e. The number of piperidine rings is 1. The maximum atomic E-state index is 12.7. The van der Waals surface area contributed by atoms with Gasteiger partial charge >= 0.3 is 6.03 Å². The Labute approximate surface area is 166 Å². The van der Waals surface area contributed by atoms with E-state index in [0.717, 1.165) is 32.4 Å². The minimum absolute atomic E-state index is 0.104. The number of ether oxygens (including phenoxy) is 3. The van der Waals surface area contributed by atoms with Gasteiger partial charge in [-0.3, -0.25) is 0 Å². The molecular weight excluding hydrogens is 356 g/mol. The maximum absolute atomic E-state index is 12.7. The normalized spacial score (nSPS) is 14.5. The monoisotopic (exact) mass is 384 g/mol. The molecule has 2 aromatic rings. The van der Waals surface area contributed by atoms with Crippen LogP contribution in [0.4, 0.5) is 10.5 Å². The Morgan fingerprint density at radius 3 is 2.14 bits per heavy atom. The molecule has 1 saturated heterocycles. The Hall–Kier alpha value is -2.89. The Kier molecular flexibility index (Phi) is 6.63. The first-order valence-electron chi connectivity index (χ1n) is 9.54. The molecular formula is C22H28N2O4. The topological polar surface area (TPSA) is 60.0 Å². The van der Waals surface area contributed by atoms with Gasteiger partial charge in [0, 0.05) is 25.2 Å². The highest BCUT2D eigenvalue weighted by Crippen LogP contribution is 2.40. The van der Waals surface area contributed by atoms with Crippen LogP contribution in [-0.4, -0.2) is 45.3 Å². The first-order valence-corrected chi connectivity index (χ1v) is 9.54. The van der Waals surface area contributed by atoms with Gasteiger partial charge in [0.05, 0.1) is 27.0 Å². The van der Waals surface area contributed by atoms with E-state index in [0.29, 0.717) is 28.9 Å². The molecule has 1 aliphatic rings. The average Bonchev–Trinajstić information content (AvgIpc) is 2.74. The van der Waals surface area contributed by atoms with Crippen LogP contribution in [0.2, 0.25) is 0 Å². The predicted molar refractivity (Wildman–Crippen MR) is 110 cm³/mol. The molecule has 6 heteroatoms. The number of carbonyl (C=O) groups excluding carboxylic acids is 1. The number of amides is 2. The minimum atomic E-state index is -0.104. The lowest BCUT2D eigenvalue weighted by molar-refractivity contribution is 0.182. The number of carbonyl (C=O) groups is 1. The maximum Gasteiger partial charge on any atom is 0.321 e. The van der Waals surface area contributed by atoms with Crippen molar-refractivity contribution < 1.29 is 19.0 Å². The number of benzene rings is 2. The number of hydrogen-bond acceptors (Lipinski definition) is 4. The molecule has 0 atom stereocenters. The summed E-state index contributed by atoms with van der Waals surface area (Å²) >= 11 is 0. The van der Waals surface area contributed by atoms with Crippen LogP contribution in [0.15, 0.2) is 42.5 Å². The summed E-state index contributed by atoms with van der Waals surface area (Å²) in [7, 11) is 4.67. The molecule has 6 nitrogen and oxygen atoms in total. The SMILES string of the molecule is COc1cc(NC(=O)N2CCC(Cc3ccccc3)CC2)cc(OC)c1OC. The molecule has 2 aromatic carbocycles. The Morgan fingerprint density at radius 2 is 1.61 bits per heavy atom. The van der Waals surface area contributed by atoms with E-state index in [4.69, 9.17) is 14.2 Å². The molecule has 0 spiro atoms. The molecule has 0 radical (unpaired) electrons. The van der Waals surface area contributed by atoms with Crippen molar-refractivity contribution in [2.45, 2.75) is 19.3 Å². The molecule has 1 fully saturated rings. The average molecular weight is 384 g/mol. The van der Waals surface area contributed by atoms with Crippen molar-refractivity contribution in [1.82, 2.24) is 4.90 Å². The number of hydrogen-bond donors (Lipinski definition) is 1. The van der Waals surface area contributed by atoms with Crippen LogP contribution in [0, 0.1) is 5.92 Å². The van der Waals surface area contributed by atoms with E-state index in [9.17, 15) is 4.79 Å². The summed E-state index contributed by atoms with van der Waals surface area (Å²) in [6.07, 6.45) is 3.10. The van der Waals surface area contributed by atoms with E-state index >= 15 is 0 Å². The van der Waals surface area contributed by atoms with Gasteiger partial charge in [0.25, 0.3) is 0 Å². The zero-order valence-electron chi connectivity index (χ0n) is 16.7. The molecule has 0 bridgehead atoms. The van der Waals surface area contributed by atoms with Gasteiger partial charge in [-0.1, -0.05) is 30.3 Å². The smallest absolute Gasteiger partial charge is 0.321 e. The van der Waals surface area contributed by atoms with Gasteiger partial charge in [-0.05, 0) is 30.7 Å². The second-order valence-electron chi connectivity index (χ2n) is 6.96. The van der Waals surface area contributed by atoms with Crippen molar-refractivity contribution in [3.8, 4) is 17.2 Å².